The lowest BCUT2D eigenvalue weighted by atomic mass is 10.2. The van der Waals surface area contributed by atoms with Gasteiger partial charge in [-0.3, -0.25) is 9.79 Å². The first-order chi connectivity index (χ1) is 13.2. The van der Waals surface area contributed by atoms with Crippen molar-refractivity contribution >= 4 is 11.9 Å². The lowest BCUT2D eigenvalue weighted by Crippen LogP contribution is -2.55. The number of carbonyl (C=O) groups excluding carboxylic acids is 1. The van der Waals surface area contributed by atoms with Gasteiger partial charge in [0.05, 0.1) is 6.61 Å². The number of benzene rings is 1. The van der Waals surface area contributed by atoms with E-state index in [4.69, 9.17) is 9.47 Å². The molecule has 0 spiro atoms. The number of guanidine groups is 1. The molecule has 2 aliphatic rings. The second-order valence-corrected chi connectivity index (χ2v) is 6.76. The highest BCUT2D eigenvalue weighted by Crippen LogP contribution is 2.18. The number of hydrogen-bond donors (Lipinski definition) is 1. The zero-order chi connectivity index (χ0) is 19.1. The zero-order valence-corrected chi connectivity index (χ0v) is 16.3. The third-order valence-electron chi connectivity index (χ3n) is 5.02. The van der Waals surface area contributed by atoms with Crippen LogP contribution >= 0.6 is 0 Å². The summed E-state index contributed by atoms with van der Waals surface area (Å²) in [5.41, 5.74) is 1.10. The van der Waals surface area contributed by atoms with Gasteiger partial charge in [0.1, 0.15) is 11.9 Å². The maximum absolute atomic E-state index is 12.5. The first kappa shape index (κ1) is 19.5. The van der Waals surface area contributed by atoms with Crippen molar-refractivity contribution in [3.63, 3.8) is 0 Å². The van der Waals surface area contributed by atoms with Gasteiger partial charge >= 0.3 is 0 Å². The molecule has 2 aliphatic heterocycles. The van der Waals surface area contributed by atoms with Crippen molar-refractivity contribution in [2.75, 3.05) is 46.4 Å². The molecule has 7 heteroatoms. The molecule has 1 aromatic carbocycles. The smallest absolute Gasteiger partial charge is 0.251 e. The number of rotatable bonds is 5. The van der Waals surface area contributed by atoms with E-state index in [9.17, 15) is 4.79 Å². The molecule has 3 rings (SSSR count). The molecule has 1 unspecified atom stereocenters. The van der Waals surface area contributed by atoms with E-state index in [0.29, 0.717) is 32.8 Å². The highest BCUT2D eigenvalue weighted by atomic mass is 16.5. The van der Waals surface area contributed by atoms with Gasteiger partial charge < -0.3 is 24.6 Å². The second kappa shape index (κ2) is 9.60. The summed E-state index contributed by atoms with van der Waals surface area (Å²) in [5, 5.41) is 3.42. The van der Waals surface area contributed by atoms with Crippen molar-refractivity contribution in [1.82, 2.24) is 15.1 Å². The van der Waals surface area contributed by atoms with Crippen LogP contribution in [0.25, 0.3) is 0 Å². The van der Waals surface area contributed by atoms with Gasteiger partial charge in [-0.15, -0.1) is 0 Å². The molecule has 2 saturated heterocycles. The molecule has 148 valence electrons. The minimum atomic E-state index is -0.232. The predicted octanol–water partition coefficient (Wildman–Crippen LogP) is 1.48. The lowest BCUT2D eigenvalue weighted by Gasteiger charge is -2.37. The number of ether oxygens (including phenoxy) is 2. The van der Waals surface area contributed by atoms with Gasteiger partial charge in [-0.1, -0.05) is 18.2 Å². The summed E-state index contributed by atoms with van der Waals surface area (Å²) in [6, 6.07) is 8.04. The maximum Gasteiger partial charge on any atom is 0.251 e. The second-order valence-electron chi connectivity index (χ2n) is 6.76. The van der Waals surface area contributed by atoms with E-state index in [1.165, 1.54) is 0 Å². The molecule has 1 N–H and O–H groups in total. The number of nitrogens with zero attached hydrogens (tertiary/aromatic N) is 3. The third kappa shape index (κ3) is 4.91. The summed E-state index contributed by atoms with van der Waals surface area (Å²) >= 11 is 0. The Morgan fingerprint density at radius 1 is 1.26 bits per heavy atom. The van der Waals surface area contributed by atoms with Crippen LogP contribution in [0.3, 0.4) is 0 Å². The molecule has 0 saturated carbocycles. The van der Waals surface area contributed by atoms with E-state index in [0.717, 1.165) is 43.2 Å². The summed E-state index contributed by atoms with van der Waals surface area (Å²) in [6.45, 7) is 6.93. The summed E-state index contributed by atoms with van der Waals surface area (Å²) in [4.78, 5) is 21.0. The van der Waals surface area contributed by atoms with E-state index in [1.807, 2.05) is 30.0 Å². The summed E-state index contributed by atoms with van der Waals surface area (Å²) < 4.78 is 11.2. The largest absolute Gasteiger partial charge is 0.494 e. The number of nitrogens with one attached hydrogen (secondary N) is 1. The first-order valence-electron chi connectivity index (χ1n) is 9.79. The molecule has 27 heavy (non-hydrogen) atoms. The van der Waals surface area contributed by atoms with Gasteiger partial charge in [-0.05, 0) is 25.8 Å². The van der Waals surface area contributed by atoms with Gasteiger partial charge in [0.15, 0.2) is 5.96 Å². The van der Waals surface area contributed by atoms with Crippen LogP contribution < -0.4 is 10.1 Å². The Hall–Kier alpha value is -2.28. The zero-order valence-electron chi connectivity index (χ0n) is 16.3. The number of carbonyl (C=O) groups is 1. The van der Waals surface area contributed by atoms with Crippen molar-refractivity contribution in [2.45, 2.75) is 32.4 Å². The topological polar surface area (TPSA) is 66.4 Å². The highest BCUT2D eigenvalue weighted by molar-refractivity contribution is 5.82. The van der Waals surface area contributed by atoms with Crippen LogP contribution in [-0.2, 0) is 16.1 Å². The maximum atomic E-state index is 12.5. The van der Waals surface area contributed by atoms with Crippen LogP contribution in [0.4, 0.5) is 0 Å². The molecule has 1 amide bonds. The van der Waals surface area contributed by atoms with Crippen LogP contribution in [0.2, 0.25) is 0 Å². The summed E-state index contributed by atoms with van der Waals surface area (Å²) in [5.74, 6) is 1.89. The molecule has 2 heterocycles. The fourth-order valence-electron chi connectivity index (χ4n) is 3.57. The minimum absolute atomic E-state index is 0.140. The predicted molar refractivity (Wildman–Crippen MR) is 105 cm³/mol. The van der Waals surface area contributed by atoms with Crippen molar-refractivity contribution in [2.24, 2.45) is 4.99 Å². The average molecular weight is 374 g/mol. The molecule has 0 radical (unpaired) electrons. The van der Waals surface area contributed by atoms with Crippen molar-refractivity contribution in [3.8, 4) is 5.75 Å². The molecule has 0 aromatic heterocycles. The first-order valence-corrected chi connectivity index (χ1v) is 9.79. The minimum Gasteiger partial charge on any atom is -0.494 e. The van der Waals surface area contributed by atoms with Crippen LogP contribution in [0, 0.1) is 0 Å². The highest BCUT2D eigenvalue weighted by Gasteiger charge is 2.30. The van der Waals surface area contributed by atoms with Gasteiger partial charge in [-0.25, -0.2) is 0 Å². The number of amides is 1. The SMILES string of the molecule is CCOc1ccccc1CNC(=NC)N1CCN(C(=O)C2CCCO2)CC1. The Morgan fingerprint density at radius 2 is 2.00 bits per heavy atom. The Kier molecular flexibility index (Phi) is 6.92. The monoisotopic (exact) mass is 374 g/mol. The Balaban J connectivity index is 1.51. The molecule has 2 fully saturated rings. The van der Waals surface area contributed by atoms with Crippen molar-refractivity contribution in [3.05, 3.63) is 29.8 Å². The summed E-state index contributed by atoms with van der Waals surface area (Å²) in [7, 11) is 1.79. The van der Waals surface area contributed by atoms with Gasteiger partial charge in [0, 0.05) is 51.9 Å². The van der Waals surface area contributed by atoms with Crippen molar-refractivity contribution in [1.29, 1.82) is 0 Å². The fraction of sp³-hybridized carbons (Fsp3) is 0.600. The van der Waals surface area contributed by atoms with Crippen LogP contribution in [0.5, 0.6) is 5.75 Å². The number of para-hydroxylation sites is 1. The van der Waals surface area contributed by atoms with E-state index < -0.39 is 0 Å². The number of piperazine rings is 1. The van der Waals surface area contributed by atoms with E-state index >= 15 is 0 Å². The number of hydrogen-bond acceptors (Lipinski definition) is 4. The van der Waals surface area contributed by atoms with Gasteiger partial charge in [-0.2, -0.15) is 0 Å². The van der Waals surface area contributed by atoms with E-state index in [1.54, 1.807) is 7.05 Å². The Bertz CT molecular complexity index is 650. The summed E-state index contributed by atoms with van der Waals surface area (Å²) in [6.07, 6.45) is 1.60. The third-order valence-corrected chi connectivity index (χ3v) is 5.02. The standard InChI is InChI=1S/C20H30N4O3/c1-3-26-17-8-5-4-7-16(17)15-22-20(21-2)24-12-10-23(11-13-24)19(25)18-9-6-14-27-18/h4-5,7-8,18H,3,6,9-15H2,1-2H3,(H,21,22). The quantitative estimate of drug-likeness (QED) is 0.625. The molecule has 1 atom stereocenters. The molecule has 0 aliphatic carbocycles. The molecular formula is C20H30N4O3. The Labute approximate surface area is 161 Å². The Morgan fingerprint density at radius 3 is 2.67 bits per heavy atom. The normalized spacial score (nSPS) is 20.7. The molecular weight excluding hydrogens is 344 g/mol. The van der Waals surface area contributed by atoms with Crippen LogP contribution in [0.15, 0.2) is 29.3 Å². The molecule has 1 aromatic rings. The lowest BCUT2D eigenvalue weighted by molar-refractivity contribution is -0.142. The number of aliphatic imine (C=N–C) groups is 1. The fourth-order valence-corrected chi connectivity index (χ4v) is 3.57. The van der Waals surface area contributed by atoms with E-state index in [-0.39, 0.29) is 12.0 Å². The molecule has 7 nitrogen and oxygen atoms in total. The van der Waals surface area contributed by atoms with Crippen LogP contribution in [-0.4, -0.2) is 74.2 Å². The average Bonchev–Trinajstić information content (AvgIpc) is 3.24. The molecule has 0 bridgehead atoms. The van der Waals surface area contributed by atoms with E-state index in [2.05, 4.69) is 21.3 Å². The van der Waals surface area contributed by atoms with Crippen LogP contribution in [0.1, 0.15) is 25.3 Å². The van der Waals surface area contributed by atoms with Gasteiger partial charge in [0.2, 0.25) is 0 Å². The van der Waals surface area contributed by atoms with Gasteiger partial charge in [0.25, 0.3) is 5.91 Å². The van der Waals surface area contributed by atoms with Crippen molar-refractivity contribution < 1.29 is 14.3 Å².